The van der Waals surface area contributed by atoms with E-state index >= 15 is 0 Å². The number of carbonyl (C=O) groups excluding carboxylic acids is 1. The van der Waals surface area contributed by atoms with Crippen LogP contribution in [0.15, 0.2) is 30.7 Å². The summed E-state index contributed by atoms with van der Waals surface area (Å²) in [6, 6.07) is 1.36. The quantitative estimate of drug-likeness (QED) is 0.281. The van der Waals surface area contributed by atoms with E-state index in [-0.39, 0.29) is 28.7 Å². The molecule has 4 rings (SSSR count). The monoisotopic (exact) mass is 454 g/mol. The first-order chi connectivity index (χ1) is 15.2. The van der Waals surface area contributed by atoms with Crippen LogP contribution in [0, 0.1) is 30.2 Å². The summed E-state index contributed by atoms with van der Waals surface area (Å²) in [5.41, 5.74) is -1.04. The fourth-order valence-electron chi connectivity index (χ4n) is 3.05. The number of rotatable bonds is 5. The zero-order valence-electron chi connectivity index (χ0n) is 16.1. The molecular weight excluding hydrogens is 442 g/mol. The van der Waals surface area contributed by atoms with Gasteiger partial charge in [0.15, 0.2) is 23.1 Å². The highest BCUT2D eigenvalue weighted by atomic mass is 19.3. The molecular formula is C19H12F6N6O. The summed E-state index contributed by atoms with van der Waals surface area (Å²) >= 11 is 0. The molecule has 0 spiro atoms. The van der Waals surface area contributed by atoms with Crippen LogP contribution in [0.2, 0.25) is 0 Å². The Morgan fingerprint density at radius 2 is 1.81 bits per heavy atom. The van der Waals surface area contributed by atoms with E-state index < -0.39 is 53.4 Å². The third-order valence-electron chi connectivity index (χ3n) is 4.52. The Hall–Kier alpha value is -3.90. The van der Waals surface area contributed by atoms with Gasteiger partial charge in [-0.25, -0.2) is 35.8 Å². The zero-order valence-corrected chi connectivity index (χ0v) is 16.1. The number of halogens is 6. The number of nitrogens with one attached hydrogen (secondary N) is 1. The molecule has 0 unspecified atom stereocenters. The van der Waals surface area contributed by atoms with Crippen molar-refractivity contribution < 1.29 is 31.1 Å². The molecule has 0 saturated carbocycles. The first-order valence-corrected chi connectivity index (χ1v) is 8.94. The first-order valence-electron chi connectivity index (χ1n) is 8.94. The third kappa shape index (κ3) is 3.76. The molecule has 1 aromatic carbocycles. The van der Waals surface area contributed by atoms with Gasteiger partial charge < -0.3 is 5.32 Å². The van der Waals surface area contributed by atoms with Gasteiger partial charge in [0.2, 0.25) is 0 Å². The summed E-state index contributed by atoms with van der Waals surface area (Å²) in [5, 5.41) is 10.0. The smallest absolute Gasteiger partial charge is 0.280 e. The highest BCUT2D eigenvalue weighted by Crippen LogP contribution is 2.23. The van der Waals surface area contributed by atoms with Crippen molar-refractivity contribution in [2.75, 3.05) is 5.32 Å². The number of benzene rings is 1. The van der Waals surface area contributed by atoms with E-state index in [1.165, 1.54) is 13.1 Å². The molecule has 7 nitrogen and oxygen atoms in total. The molecule has 4 aromatic rings. The number of anilines is 1. The molecule has 0 radical (unpaired) electrons. The highest BCUT2D eigenvalue weighted by Gasteiger charge is 2.22. The molecule has 166 valence electrons. The van der Waals surface area contributed by atoms with Crippen LogP contribution in [0.3, 0.4) is 0 Å². The lowest BCUT2D eigenvalue weighted by atomic mass is 10.2. The number of nitrogens with zero attached hydrogens (tertiary/aromatic N) is 5. The van der Waals surface area contributed by atoms with Crippen molar-refractivity contribution in [3.05, 3.63) is 76.5 Å². The first kappa shape index (κ1) is 21.3. The fraction of sp³-hybridized carbons (Fsp3) is 0.158. The van der Waals surface area contributed by atoms with E-state index in [4.69, 9.17) is 0 Å². The minimum absolute atomic E-state index is 0.0829. The maximum Gasteiger partial charge on any atom is 0.280 e. The van der Waals surface area contributed by atoms with Crippen LogP contribution in [0.25, 0.3) is 5.65 Å². The SMILES string of the molecule is Cc1cc(C(F)F)n2ncc(C(=O)Nc3cnn(Cc4c(F)cc(F)c(F)c4F)c3)c2n1. The van der Waals surface area contributed by atoms with Crippen molar-refractivity contribution in [3.8, 4) is 0 Å². The molecule has 0 aliphatic rings. The lowest BCUT2D eigenvalue weighted by Crippen LogP contribution is -2.12. The highest BCUT2D eigenvalue weighted by molar-refractivity contribution is 6.08. The average Bonchev–Trinajstić information content (AvgIpc) is 3.35. The largest absolute Gasteiger partial charge is 0.319 e. The minimum atomic E-state index is -2.84. The van der Waals surface area contributed by atoms with Crippen LogP contribution in [-0.4, -0.2) is 30.3 Å². The van der Waals surface area contributed by atoms with Gasteiger partial charge in [-0.2, -0.15) is 10.2 Å². The zero-order chi connectivity index (χ0) is 23.2. The number of alkyl halides is 2. The lowest BCUT2D eigenvalue weighted by Gasteiger charge is -2.07. The Morgan fingerprint density at radius 3 is 2.53 bits per heavy atom. The van der Waals surface area contributed by atoms with Crippen LogP contribution < -0.4 is 5.32 Å². The molecule has 0 saturated heterocycles. The fourth-order valence-corrected chi connectivity index (χ4v) is 3.05. The second kappa shape index (κ2) is 7.98. The molecule has 1 N–H and O–H groups in total. The summed E-state index contributed by atoms with van der Waals surface area (Å²) in [5.74, 6) is -7.22. The Morgan fingerprint density at radius 1 is 1.06 bits per heavy atom. The van der Waals surface area contributed by atoms with Crippen molar-refractivity contribution in [1.29, 1.82) is 0 Å². The number of amides is 1. The molecule has 3 aromatic heterocycles. The van der Waals surface area contributed by atoms with Gasteiger partial charge in [0.05, 0.1) is 24.6 Å². The number of fused-ring (bicyclic) bond motifs is 1. The average molecular weight is 454 g/mol. The van der Waals surface area contributed by atoms with Crippen LogP contribution in [0.5, 0.6) is 0 Å². The predicted octanol–water partition coefficient (Wildman–Crippen LogP) is 4.03. The van der Waals surface area contributed by atoms with Gasteiger partial charge in [0.25, 0.3) is 12.3 Å². The van der Waals surface area contributed by atoms with Crippen LogP contribution in [0.1, 0.15) is 33.7 Å². The van der Waals surface area contributed by atoms with Crippen LogP contribution in [0.4, 0.5) is 32.0 Å². The van der Waals surface area contributed by atoms with Crippen LogP contribution in [-0.2, 0) is 6.54 Å². The standard InChI is InChI=1S/C19H12F6N6O/c1-8-2-14(17(24)25)31-18(28-8)10(5-27-31)19(32)29-9-4-26-30(6-9)7-11-12(20)3-13(21)16(23)15(11)22/h2-6,17H,7H2,1H3,(H,29,32). The van der Waals surface area contributed by atoms with E-state index in [0.717, 1.165) is 27.7 Å². The second-order valence-corrected chi connectivity index (χ2v) is 6.74. The van der Waals surface area contributed by atoms with E-state index in [1.807, 2.05) is 0 Å². The lowest BCUT2D eigenvalue weighted by molar-refractivity contribution is 0.102. The van der Waals surface area contributed by atoms with Gasteiger partial charge in [0.1, 0.15) is 17.1 Å². The minimum Gasteiger partial charge on any atom is -0.319 e. The van der Waals surface area contributed by atoms with Gasteiger partial charge in [-0.05, 0) is 13.0 Å². The molecule has 3 heterocycles. The number of hydrogen-bond donors (Lipinski definition) is 1. The Labute approximate surface area is 175 Å². The van der Waals surface area contributed by atoms with Gasteiger partial charge >= 0.3 is 0 Å². The number of carbonyl (C=O) groups is 1. The Kier molecular flexibility index (Phi) is 5.32. The van der Waals surface area contributed by atoms with Gasteiger partial charge in [-0.15, -0.1) is 0 Å². The van der Waals surface area contributed by atoms with Crippen molar-refractivity contribution in [3.63, 3.8) is 0 Å². The van der Waals surface area contributed by atoms with Crippen LogP contribution >= 0.6 is 0 Å². The Balaban J connectivity index is 1.57. The topological polar surface area (TPSA) is 77.1 Å². The normalized spacial score (nSPS) is 11.5. The third-order valence-corrected chi connectivity index (χ3v) is 4.52. The van der Waals surface area contributed by atoms with Crippen molar-refractivity contribution in [2.24, 2.45) is 0 Å². The van der Waals surface area contributed by atoms with Gasteiger partial charge in [-0.1, -0.05) is 0 Å². The van der Waals surface area contributed by atoms with Crippen molar-refractivity contribution in [1.82, 2.24) is 24.4 Å². The molecule has 1 amide bonds. The summed E-state index contributed by atoms with van der Waals surface area (Å²) < 4.78 is 82.4. The number of aromatic nitrogens is 5. The molecule has 32 heavy (non-hydrogen) atoms. The van der Waals surface area contributed by atoms with Gasteiger partial charge in [0, 0.05) is 23.5 Å². The molecule has 0 aliphatic heterocycles. The Bertz CT molecular complexity index is 1350. The maximum absolute atomic E-state index is 13.8. The summed E-state index contributed by atoms with van der Waals surface area (Å²) in [6.45, 7) is 0.904. The molecule has 0 fully saturated rings. The summed E-state index contributed by atoms with van der Waals surface area (Å²) in [4.78, 5) is 16.7. The summed E-state index contributed by atoms with van der Waals surface area (Å²) in [7, 11) is 0. The van der Waals surface area contributed by atoms with Crippen molar-refractivity contribution >= 4 is 17.2 Å². The predicted molar refractivity (Wildman–Crippen MR) is 98.2 cm³/mol. The van der Waals surface area contributed by atoms with E-state index in [9.17, 15) is 31.1 Å². The van der Waals surface area contributed by atoms with Crippen molar-refractivity contribution in [2.45, 2.75) is 19.9 Å². The molecule has 13 heteroatoms. The molecule has 0 atom stereocenters. The number of aryl methyl sites for hydroxylation is 1. The second-order valence-electron chi connectivity index (χ2n) is 6.74. The van der Waals surface area contributed by atoms with Gasteiger partial charge in [-0.3, -0.25) is 9.48 Å². The number of hydrogen-bond acceptors (Lipinski definition) is 4. The van der Waals surface area contributed by atoms with E-state index in [1.54, 1.807) is 0 Å². The van der Waals surface area contributed by atoms with E-state index in [2.05, 4.69) is 20.5 Å². The molecule has 0 bridgehead atoms. The maximum atomic E-state index is 13.8. The summed E-state index contributed by atoms with van der Waals surface area (Å²) in [6.07, 6.45) is 0.556. The van der Waals surface area contributed by atoms with E-state index in [0.29, 0.717) is 0 Å². The molecule has 0 aliphatic carbocycles.